The molecule has 1 amide bonds. The van der Waals surface area contributed by atoms with Gasteiger partial charge < -0.3 is 20.1 Å². The quantitative estimate of drug-likeness (QED) is 0.530. The topological polar surface area (TPSA) is 122 Å². The Hall–Kier alpha value is -3.46. The molecule has 2 bridgehead atoms. The molecule has 5 rings (SSSR count). The smallest absolute Gasteiger partial charge is 0.322 e. The number of carboxylic acids is 1. The summed E-state index contributed by atoms with van der Waals surface area (Å²) in [6.45, 7) is -0.435. The van der Waals surface area contributed by atoms with Gasteiger partial charge in [-0.2, -0.15) is 0 Å². The van der Waals surface area contributed by atoms with Gasteiger partial charge in [-0.3, -0.25) is 14.4 Å². The predicted octanol–water partition coefficient (Wildman–Crippen LogP) is 2.90. The zero-order valence-corrected chi connectivity index (χ0v) is 17.9. The van der Waals surface area contributed by atoms with Gasteiger partial charge in [-0.25, -0.2) is 4.98 Å². The monoisotopic (exact) mass is 451 g/mol. The fraction of sp³-hybridized carbons (Fsp3) is 0.304. The molecule has 0 spiro atoms. The Labute approximate surface area is 187 Å². The number of rotatable bonds is 6. The largest absolute Gasteiger partial charge is 0.507 e. The summed E-state index contributed by atoms with van der Waals surface area (Å²) in [5.74, 6) is -2.14. The minimum absolute atomic E-state index is 0.101. The second kappa shape index (κ2) is 7.90. The van der Waals surface area contributed by atoms with Gasteiger partial charge in [0.1, 0.15) is 22.9 Å². The van der Waals surface area contributed by atoms with Crippen molar-refractivity contribution in [2.45, 2.75) is 37.6 Å². The first-order valence-electron chi connectivity index (χ1n) is 10.4. The number of carboxylic acid groups (broad SMARTS) is 1. The number of nitrogens with zero attached hydrogens (tertiary/aromatic N) is 2. The zero-order valence-electron chi connectivity index (χ0n) is 17.1. The molecule has 2 atom stereocenters. The summed E-state index contributed by atoms with van der Waals surface area (Å²) in [4.78, 5) is 41.5. The molecule has 1 saturated carbocycles. The van der Waals surface area contributed by atoms with Gasteiger partial charge in [-0.05, 0) is 25.2 Å². The van der Waals surface area contributed by atoms with E-state index < -0.39 is 29.5 Å². The third kappa shape index (κ3) is 3.38. The van der Waals surface area contributed by atoms with Gasteiger partial charge in [-0.1, -0.05) is 30.3 Å². The van der Waals surface area contributed by atoms with E-state index in [1.807, 2.05) is 35.7 Å². The highest BCUT2D eigenvalue weighted by molar-refractivity contribution is 7.09. The molecular formula is C23H21N3O5S. The minimum atomic E-state index is -1.23. The number of amides is 1. The standard InChI is InChI=1S/C23H21N3O5S/c27-17(28)9-24-22(30)19-21(29)18-13-6-7-14(8-13)20(18)26(23(19)31)10-16-25-15(11-32-16)12-4-2-1-3-5-12/h1-5,11,13-14,29H,6-10H2,(H,24,30)(H,27,28). The zero-order chi connectivity index (χ0) is 22.4. The van der Waals surface area contributed by atoms with Crippen molar-refractivity contribution in [1.29, 1.82) is 0 Å². The number of aliphatic carboxylic acids is 1. The van der Waals surface area contributed by atoms with Crippen LogP contribution in [0.4, 0.5) is 0 Å². The van der Waals surface area contributed by atoms with Gasteiger partial charge in [0.25, 0.3) is 11.5 Å². The van der Waals surface area contributed by atoms with Crippen LogP contribution in [0.5, 0.6) is 5.75 Å². The molecule has 164 valence electrons. The van der Waals surface area contributed by atoms with Crippen LogP contribution in [0, 0.1) is 0 Å². The molecule has 2 aliphatic rings. The fourth-order valence-corrected chi connectivity index (χ4v) is 5.74. The number of aromatic nitrogens is 2. The van der Waals surface area contributed by atoms with Crippen LogP contribution in [-0.4, -0.2) is 38.2 Å². The van der Waals surface area contributed by atoms with Crippen LogP contribution < -0.4 is 10.9 Å². The molecule has 3 N–H and O–H groups in total. The molecule has 3 aromatic rings. The van der Waals surface area contributed by atoms with Crippen LogP contribution in [0.3, 0.4) is 0 Å². The highest BCUT2D eigenvalue weighted by Crippen LogP contribution is 2.55. The maximum atomic E-state index is 13.4. The Bertz CT molecular complexity index is 1280. The minimum Gasteiger partial charge on any atom is -0.507 e. The van der Waals surface area contributed by atoms with Crippen molar-refractivity contribution in [3.8, 4) is 17.0 Å². The van der Waals surface area contributed by atoms with E-state index in [1.54, 1.807) is 4.57 Å². The fourth-order valence-electron chi connectivity index (χ4n) is 4.95. The Morgan fingerprint density at radius 3 is 2.69 bits per heavy atom. The molecule has 1 fully saturated rings. The third-order valence-electron chi connectivity index (χ3n) is 6.29. The van der Waals surface area contributed by atoms with Crippen molar-refractivity contribution < 1.29 is 19.8 Å². The van der Waals surface area contributed by atoms with Crippen LogP contribution >= 0.6 is 11.3 Å². The van der Waals surface area contributed by atoms with Crippen molar-refractivity contribution in [3.63, 3.8) is 0 Å². The molecule has 0 aliphatic heterocycles. The highest BCUT2D eigenvalue weighted by atomic mass is 32.1. The second-order valence-electron chi connectivity index (χ2n) is 8.19. The maximum Gasteiger partial charge on any atom is 0.322 e. The van der Waals surface area contributed by atoms with Crippen LogP contribution in [-0.2, 0) is 11.3 Å². The van der Waals surface area contributed by atoms with E-state index in [1.165, 1.54) is 11.3 Å². The average Bonchev–Trinajstić information content (AvgIpc) is 3.52. The number of hydrogen-bond donors (Lipinski definition) is 3. The van der Waals surface area contributed by atoms with E-state index in [9.17, 15) is 19.5 Å². The lowest BCUT2D eigenvalue weighted by Crippen LogP contribution is -2.37. The first-order valence-corrected chi connectivity index (χ1v) is 11.3. The second-order valence-corrected chi connectivity index (χ2v) is 9.13. The van der Waals surface area contributed by atoms with Crippen LogP contribution in [0.25, 0.3) is 11.3 Å². The Morgan fingerprint density at radius 1 is 1.19 bits per heavy atom. The number of carbonyl (C=O) groups excluding carboxylic acids is 1. The van der Waals surface area contributed by atoms with Crippen LogP contribution in [0.15, 0.2) is 40.5 Å². The molecule has 8 nitrogen and oxygen atoms in total. The molecule has 0 saturated heterocycles. The maximum absolute atomic E-state index is 13.4. The van der Waals surface area contributed by atoms with Gasteiger partial charge in [0, 0.05) is 28.1 Å². The highest BCUT2D eigenvalue weighted by Gasteiger charge is 2.43. The molecule has 9 heteroatoms. The van der Waals surface area contributed by atoms with Gasteiger partial charge in [0.05, 0.1) is 12.2 Å². The predicted molar refractivity (Wildman–Crippen MR) is 118 cm³/mol. The summed E-state index contributed by atoms with van der Waals surface area (Å²) in [7, 11) is 0. The van der Waals surface area contributed by atoms with Crippen molar-refractivity contribution in [3.05, 3.63) is 67.9 Å². The average molecular weight is 452 g/mol. The summed E-state index contributed by atoms with van der Waals surface area (Å²) in [5.41, 5.74) is 2.22. The number of aromatic hydroxyl groups is 1. The number of pyridine rings is 1. The lowest BCUT2D eigenvalue weighted by atomic mass is 9.93. The van der Waals surface area contributed by atoms with Crippen molar-refractivity contribution in [2.24, 2.45) is 0 Å². The summed E-state index contributed by atoms with van der Waals surface area (Å²) in [5, 5.41) is 24.6. The van der Waals surface area contributed by atoms with E-state index in [0.717, 1.165) is 41.2 Å². The van der Waals surface area contributed by atoms with E-state index in [-0.39, 0.29) is 24.1 Å². The molecular weight excluding hydrogens is 430 g/mol. The van der Waals surface area contributed by atoms with E-state index >= 15 is 0 Å². The lowest BCUT2D eigenvalue weighted by molar-refractivity contribution is -0.135. The molecule has 1 aromatic carbocycles. The Kier molecular flexibility index (Phi) is 5.05. The number of hydrogen-bond acceptors (Lipinski definition) is 6. The normalized spacial score (nSPS) is 18.5. The molecule has 0 radical (unpaired) electrons. The van der Waals surface area contributed by atoms with Crippen molar-refractivity contribution in [1.82, 2.24) is 14.9 Å². The summed E-state index contributed by atoms with van der Waals surface area (Å²) in [6.07, 6.45) is 2.68. The van der Waals surface area contributed by atoms with Gasteiger partial charge in [-0.15, -0.1) is 11.3 Å². The van der Waals surface area contributed by atoms with Gasteiger partial charge in [0.2, 0.25) is 0 Å². The van der Waals surface area contributed by atoms with Crippen molar-refractivity contribution >= 4 is 23.2 Å². The number of carbonyl (C=O) groups is 2. The molecule has 2 unspecified atom stereocenters. The molecule has 2 aromatic heterocycles. The summed E-state index contributed by atoms with van der Waals surface area (Å²) < 4.78 is 1.56. The first kappa shape index (κ1) is 20.4. The van der Waals surface area contributed by atoms with E-state index in [4.69, 9.17) is 5.11 Å². The molecule has 2 aliphatic carbocycles. The Morgan fingerprint density at radius 2 is 1.94 bits per heavy atom. The summed E-state index contributed by atoms with van der Waals surface area (Å²) in [6, 6.07) is 9.73. The molecule has 32 heavy (non-hydrogen) atoms. The van der Waals surface area contributed by atoms with Crippen LogP contribution in [0.1, 0.15) is 57.7 Å². The van der Waals surface area contributed by atoms with E-state index in [2.05, 4.69) is 10.3 Å². The van der Waals surface area contributed by atoms with Crippen LogP contribution in [0.2, 0.25) is 0 Å². The Balaban J connectivity index is 1.57. The SMILES string of the molecule is O=C(O)CNC(=O)c1c(O)c2c(n(Cc3nc(-c4ccccc4)cs3)c1=O)C1CCC2C1. The number of nitrogens with one attached hydrogen (secondary N) is 1. The van der Waals surface area contributed by atoms with Gasteiger partial charge >= 0.3 is 5.97 Å². The molecule has 2 heterocycles. The number of thiazole rings is 1. The summed E-state index contributed by atoms with van der Waals surface area (Å²) >= 11 is 1.43. The van der Waals surface area contributed by atoms with E-state index in [0.29, 0.717) is 5.56 Å². The number of fused-ring (bicyclic) bond motifs is 5. The lowest BCUT2D eigenvalue weighted by Gasteiger charge is -2.23. The first-order chi connectivity index (χ1) is 15.4. The van der Waals surface area contributed by atoms with Gasteiger partial charge in [0.15, 0.2) is 0 Å². The van der Waals surface area contributed by atoms with Crippen molar-refractivity contribution in [2.75, 3.05) is 6.54 Å². The third-order valence-corrected chi connectivity index (χ3v) is 7.12. The number of benzene rings is 1.